The van der Waals surface area contributed by atoms with E-state index < -0.39 is 23.5 Å². The van der Waals surface area contributed by atoms with E-state index in [1.807, 2.05) is 0 Å². The maximum Gasteiger partial charge on any atom is 0.419 e. The van der Waals surface area contributed by atoms with Crippen LogP contribution in [0.2, 0.25) is 0 Å². The van der Waals surface area contributed by atoms with Gasteiger partial charge >= 0.3 is 6.18 Å². The summed E-state index contributed by atoms with van der Waals surface area (Å²) >= 11 is 0.976. The molecule has 1 amide bonds. The lowest BCUT2D eigenvalue weighted by molar-refractivity contribution is -0.139. The summed E-state index contributed by atoms with van der Waals surface area (Å²) in [5.41, 5.74) is -0.646. The van der Waals surface area contributed by atoms with Crippen LogP contribution in [-0.2, 0) is 6.18 Å². The van der Waals surface area contributed by atoms with Crippen LogP contribution in [0.3, 0.4) is 0 Å². The van der Waals surface area contributed by atoms with Crippen molar-refractivity contribution in [2.24, 2.45) is 0 Å². The SMILES string of the molecule is O=C(Nc1nc(-c2cccc(C(F)(F)F)c2F)cs1)c1ccc(Nc2cnccn2)cc1. The molecule has 2 heterocycles. The molecule has 0 aliphatic rings. The lowest BCUT2D eigenvalue weighted by Gasteiger charge is -2.09. The lowest BCUT2D eigenvalue weighted by Crippen LogP contribution is -2.11. The minimum atomic E-state index is -4.82. The van der Waals surface area contributed by atoms with Crippen molar-refractivity contribution in [2.45, 2.75) is 6.18 Å². The van der Waals surface area contributed by atoms with Crippen LogP contribution in [0.1, 0.15) is 15.9 Å². The second kappa shape index (κ2) is 8.71. The zero-order valence-electron chi connectivity index (χ0n) is 16.0. The molecule has 0 unspecified atom stereocenters. The van der Waals surface area contributed by atoms with Crippen molar-refractivity contribution in [1.29, 1.82) is 0 Å². The van der Waals surface area contributed by atoms with E-state index >= 15 is 0 Å². The van der Waals surface area contributed by atoms with Gasteiger partial charge in [0, 0.05) is 34.6 Å². The van der Waals surface area contributed by atoms with E-state index in [-0.39, 0.29) is 16.4 Å². The van der Waals surface area contributed by atoms with E-state index in [0.717, 1.165) is 17.4 Å². The molecule has 4 rings (SSSR count). The van der Waals surface area contributed by atoms with Crippen LogP contribution < -0.4 is 10.6 Å². The molecule has 4 aromatic rings. The number of hydrogen-bond donors (Lipinski definition) is 2. The highest BCUT2D eigenvalue weighted by Gasteiger charge is 2.35. The fourth-order valence-electron chi connectivity index (χ4n) is 2.79. The van der Waals surface area contributed by atoms with Gasteiger partial charge in [0.05, 0.1) is 17.5 Å². The summed E-state index contributed by atoms with van der Waals surface area (Å²) in [6.45, 7) is 0. The van der Waals surface area contributed by atoms with Gasteiger partial charge in [0.15, 0.2) is 5.13 Å². The Morgan fingerprint density at radius 1 is 1.03 bits per heavy atom. The van der Waals surface area contributed by atoms with Crippen molar-refractivity contribution in [1.82, 2.24) is 15.0 Å². The number of hydrogen-bond acceptors (Lipinski definition) is 6. The highest BCUT2D eigenvalue weighted by Crippen LogP contribution is 2.36. The van der Waals surface area contributed by atoms with Gasteiger partial charge < -0.3 is 5.32 Å². The third kappa shape index (κ3) is 4.72. The zero-order valence-corrected chi connectivity index (χ0v) is 16.8. The molecule has 0 saturated carbocycles. The third-order valence-electron chi connectivity index (χ3n) is 4.29. The third-order valence-corrected chi connectivity index (χ3v) is 5.05. The molecule has 0 aliphatic carbocycles. The number of rotatable bonds is 5. The molecule has 0 fully saturated rings. The lowest BCUT2D eigenvalue weighted by atomic mass is 10.1. The largest absolute Gasteiger partial charge is 0.419 e. The summed E-state index contributed by atoms with van der Waals surface area (Å²) in [4.78, 5) is 24.6. The molecule has 2 N–H and O–H groups in total. The number of thiazole rings is 1. The minimum Gasteiger partial charge on any atom is -0.339 e. The molecule has 0 bridgehead atoms. The van der Waals surface area contributed by atoms with Crippen molar-refractivity contribution in [3.8, 4) is 11.3 Å². The number of benzene rings is 2. The van der Waals surface area contributed by atoms with Crippen molar-refractivity contribution >= 4 is 33.9 Å². The maximum absolute atomic E-state index is 14.3. The molecule has 0 aliphatic heterocycles. The first-order chi connectivity index (χ1) is 15.3. The van der Waals surface area contributed by atoms with Crippen LogP contribution >= 0.6 is 11.3 Å². The molecular weight excluding hydrogens is 446 g/mol. The van der Waals surface area contributed by atoms with Gasteiger partial charge in [-0.2, -0.15) is 13.2 Å². The van der Waals surface area contributed by atoms with Gasteiger partial charge in [-0.3, -0.25) is 15.1 Å². The normalized spacial score (nSPS) is 11.2. The van der Waals surface area contributed by atoms with Gasteiger partial charge in [-0.15, -0.1) is 11.3 Å². The number of anilines is 3. The molecule has 0 spiro atoms. The van der Waals surface area contributed by atoms with Crippen molar-refractivity contribution in [3.63, 3.8) is 0 Å². The Kier molecular flexibility index (Phi) is 5.82. The van der Waals surface area contributed by atoms with E-state index in [1.54, 1.807) is 36.7 Å². The number of alkyl halides is 3. The Hall–Kier alpha value is -3.86. The summed E-state index contributed by atoms with van der Waals surface area (Å²) in [5, 5.41) is 7.10. The van der Waals surface area contributed by atoms with Crippen LogP contribution in [-0.4, -0.2) is 20.9 Å². The fourth-order valence-corrected chi connectivity index (χ4v) is 3.49. The Balaban J connectivity index is 1.46. The Morgan fingerprint density at radius 3 is 2.50 bits per heavy atom. The molecule has 32 heavy (non-hydrogen) atoms. The number of nitrogens with zero attached hydrogens (tertiary/aromatic N) is 3. The number of halogens is 4. The maximum atomic E-state index is 14.3. The van der Waals surface area contributed by atoms with E-state index in [9.17, 15) is 22.4 Å². The molecule has 162 valence electrons. The molecule has 2 aromatic heterocycles. The summed E-state index contributed by atoms with van der Waals surface area (Å²) in [7, 11) is 0. The fraction of sp³-hybridized carbons (Fsp3) is 0.0476. The molecule has 2 aromatic carbocycles. The average molecular weight is 459 g/mol. The summed E-state index contributed by atoms with van der Waals surface area (Å²) in [6.07, 6.45) is -0.184. The quantitative estimate of drug-likeness (QED) is 0.371. The second-order valence-electron chi connectivity index (χ2n) is 6.45. The van der Waals surface area contributed by atoms with E-state index in [4.69, 9.17) is 0 Å². The highest BCUT2D eigenvalue weighted by atomic mass is 32.1. The van der Waals surface area contributed by atoms with E-state index in [2.05, 4.69) is 25.6 Å². The van der Waals surface area contributed by atoms with Gasteiger partial charge in [-0.25, -0.2) is 14.4 Å². The molecule has 0 radical (unpaired) electrons. The van der Waals surface area contributed by atoms with Gasteiger partial charge in [-0.1, -0.05) is 6.07 Å². The van der Waals surface area contributed by atoms with Crippen LogP contribution in [0.15, 0.2) is 66.4 Å². The van der Waals surface area contributed by atoms with Crippen molar-refractivity contribution in [3.05, 3.63) is 83.4 Å². The van der Waals surface area contributed by atoms with E-state index in [1.165, 1.54) is 17.6 Å². The number of amides is 1. The highest BCUT2D eigenvalue weighted by molar-refractivity contribution is 7.14. The van der Waals surface area contributed by atoms with Crippen molar-refractivity contribution < 1.29 is 22.4 Å². The standard InChI is InChI=1S/C21H13F4N5OS/c22-18-14(2-1-3-15(18)21(23,24)25)16-11-32-20(29-16)30-19(31)12-4-6-13(7-5-12)28-17-10-26-8-9-27-17/h1-11H,(H,27,28)(H,29,30,31). The first-order valence-electron chi connectivity index (χ1n) is 9.07. The predicted molar refractivity (Wildman–Crippen MR) is 112 cm³/mol. The summed E-state index contributed by atoms with van der Waals surface area (Å²) in [5.74, 6) is -1.34. The molecule has 0 saturated heterocycles. The van der Waals surface area contributed by atoms with Gasteiger partial charge in [0.25, 0.3) is 5.91 Å². The van der Waals surface area contributed by atoms with Gasteiger partial charge in [0.1, 0.15) is 11.6 Å². The van der Waals surface area contributed by atoms with Crippen LogP contribution in [0, 0.1) is 5.82 Å². The van der Waals surface area contributed by atoms with Gasteiger partial charge in [0.2, 0.25) is 0 Å². The monoisotopic (exact) mass is 459 g/mol. The Bertz CT molecular complexity index is 1240. The van der Waals surface area contributed by atoms with Gasteiger partial charge in [-0.05, 0) is 36.4 Å². The summed E-state index contributed by atoms with van der Waals surface area (Å²) < 4.78 is 53.1. The smallest absolute Gasteiger partial charge is 0.339 e. The zero-order chi connectivity index (χ0) is 22.7. The van der Waals surface area contributed by atoms with Crippen LogP contribution in [0.5, 0.6) is 0 Å². The van der Waals surface area contributed by atoms with E-state index in [0.29, 0.717) is 23.1 Å². The predicted octanol–water partition coefficient (Wildman–Crippen LogP) is 5.75. The number of aromatic nitrogens is 3. The topological polar surface area (TPSA) is 79.8 Å². The number of nitrogens with one attached hydrogen (secondary N) is 2. The average Bonchev–Trinajstić information content (AvgIpc) is 3.22. The molecular formula is C21H13F4N5OS. The van der Waals surface area contributed by atoms with Crippen LogP contribution in [0.25, 0.3) is 11.3 Å². The Labute approximate surface area is 183 Å². The Morgan fingerprint density at radius 2 is 1.81 bits per heavy atom. The molecule has 0 atom stereocenters. The number of carbonyl (C=O) groups is 1. The number of carbonyl (C=O) groups excluding carboxylic acids is 1. The molecule has 6 nitrogen and oxygen atoms in total. The summed E-state index contributed by atoms with van der Waals surface area (Å²) in [6, 6.07) is 9.48. The van der Waals surface area contributed by atoms with Crippen molar-refractivity contribution in [2.75, 3.05) is 10.6 Å². The van der Waals surface area contributed by atoms with Crippen LogP contribution in [0.4, 0.5) is 34.2 Å². The first-order valence-corrected chi connectivity index (χ1v) is 9.95. The second-order valence-corrected chi connectivity index (χ2v) is 7.31. The first kappa shape index (κ1) is 21.4. The molecule has 11 heteroatoms. The minimum absolute atomic E-state index is 0.00239.